The Kier molecular flexibility index (Phi) is 6.97. The molecule has 0 aliphatic heterocycles. The summed E-state index contributed by atoms with van der Waals surface area (Å²) in [6.07, 6.45) is -0.464. The molecule has 7 heteroatoms. The Hall–Kier alpha value is -0.980. The second-order valence-corrected chi connectivity index (χ2v) is 7.31. The summed E-state index contributed by atoms with van der Waals surface area (Å²) < 4.78 is 6.07. The molecular weight excluding hydrogens is 370 g/mol. The van der Waals surface area contributed by atoms with Crippen LogP contribution in [0.15, 0.2) is 22.7 Å². The van der Waals surface area contributed by atoms with Crippen molar-refractivity contribution in [2.75, 3.05) is 11.9 Å². The van der Waals surface area contributed by atoms with Gasteiger partial charge in [0.2, 0.25) is 0 Å². The molecule has 1 aromatic rings. The van der Waals surface area contributed by atoms with E-state index < -0.39 is 11.7 Å². The molecule has 0 saturated carbocycles. The molecule has 124 valence electrons. The predicted octanol–water partition coefficient (Wildman–Crippen LogP) is 3.75. The van der Waals surface area contributed by atoms with Crippen molar-refractivity contribution >= 4 is 39.3 Å². The highest BCUT2D eigenvalue weighted by Crippen LogP contribution is 2.26. The lowest BCUT2D eigenvalue weighted by atomic mass is 10.1. The van der Waals surface area contributed by atoms with Crippen LogP contribution in [0, 0.1) is 0 Å². The second kappa shape index (κ2) is 8.04. The van der Waals surface area contributed by atoms with Gasteiger partial charge in [0.1, 0.15) is 5.60 Å². The summed E-state index contributed by atoms with van der Waals surface area (Å²) in [7, 11) is 0. The van der Waals surface area contributed by atoms with Crippen LogP contribution in [0.3, 0.4) is 0 Å². The van der Waals surface area contributed by atoms with Crippen LogP contribution in [0.2, 0.25) is 5.02 Å². The Bertz CT molecular complexity index is 520. The van der Waals surface area contributed by atoms with Crippen molar-refractivity contribution in [2.24, 2.45) is 5.73 Å². The number of ether oxygens (including phenoxy) is 1. The molecule has 5 nitrogen and oxygen atoms in total. The summed E-state index contributed by atoms with van der Waals surface area (Å²) in [5.74, 6) is 0. The summed E-state index contributed by atoms with van der Waals surface area (Å²) in [6.45, 7) is 7.68. The number of alkyl carbamates (subject to hydrolysis) is 1. The van der Waals surface area contributed by atoms with Crippen molar-refractivity contribution in [2.45, 2.75) is 45.4 Å². The van der Waals surface area contributed by atoms with E-state index in [1.54, 1.807) is 6.07 Å². The van der Waals surface area contributed by atoms with Gasteiger partial charge in [-0.15, -0.1) is 0 Å². The van der Waals surface area contributed by atoms with E-state index in [2.05, 4.69) is 26.6 Å². The van der Waals surface area contributed by atoms with Gasteiger partial charge >= 0.3 is 6.09 Å². The molecule has 0 aromatic heterocycles. The number of benzene rings is 1. The predicted molar refractivity (Wildman–Crippen MR) is 94.4 cm³/mol. The average molecular weight is 393 g/mol. The fourth-order valence-corrected chi connectivity index (χ4v) is 2.21. The van der Waals surface area contributed by atoms with Crippen LogP contribution in [-0.4, -0.2) is 30.3 Å². The quantitative estimate of drug-likeness (QED) is 0.713. The van der Waals surface area contributed by atoms with Gasteiger partial charge in [-0.05, 0) is 61.8 Å². The lowest BCUT2D eigenvalue weighted by Crippen LogP contribution is -2.49. The van der Waals surface area contributed by atoms with Crippen molar-refractivity contribution in [1.29, 1.82) is 0 Å². The maximum Gasteiger partial charge on any atom is 0.407 e. The van der Waals surface area contributed by atoms with Gasteiger partial charge in [0, 0.05) is 16.7 Å². The summed E-state index contributed by atoms with van der Waals surface area (Å²) >= 11 is 9.41. The standard InChI is InChI=1S/C15H23BrClN3O2/c1-9(19-14(21)22-15(2,3)4)13(8-18)20-10-5-6-11(16)12(17)7-10/h5-7,9,13,20H,8,18H2,1-4H3,(H,19,21). The zero-order chi connectivity index (χ0) is 16.9. The van der Waals surface area contributed by atoms with Gasteiger partial charge in [0.05, 0.1) is 17.1 Å². The highest BCUT2D eigenvalue weighted by molar-refractivity contribution is 9.10. The molecule has 1 rings (SSSR count). The van der Waals surface area contributed by atoms with E-state index in [9.17, 15) is 4.79 Å². The first kappa shape index (κ1) is 19.1. The van der Waals surface area contributed by atoms with Crippen LogP contribution in [0.1, 0.15) is 27.7 Å². The zero-order valence-corrected chi connectivity index (χ0v) is 15.6. The van der Waals surface area contributed by atoms with Crippen LogP contribution in [0.25, 0.3) is 0 Å². The third-order valence-electron chi connectivity index (χ3n) is 2.87. The van der Waals surface area contributed by atoms with Crippen molar-refractivity contribution in [3.8, 4) is 0 Å². The third-order valence-corrected chi connectivity index (χ3v) is 4.11. The maximum absolute atomic E-state index is 11.8. The van der Waals surface area contributed by atoms with E-state index in [4.69, 9.17) is 22.1 Å². The normalized spacial score (nSPS) is 14.1. The van der Waals surface area contributed by atoms with Crippen molar-refractivity contribution in [3.05, 3.63) is 27.7 Å². The van der Waals surface area contributed by atoms with Gasteiger partial charge in [0.25, 0.3) is 0 Å². The van der Waals surface area contributed by atoms with Crippen LogP contribution in [-0.2, 0) is 4.74 Å². The number of halogens is 2. The molecule has 4 N–H and O–H groups in total. The number of carbonyl (C=O) groups is 1. The molecule has 1 aromatic carbocycles. The van der Waals surface area contributed by atoms with Gasteiger partial charge in [-0.25, -0.2) is 4.79 Å². The molecule has 2 unspecified atom stereocenters. The average Bonchev–Trinajstić information content (AvgIpc) is 2.37. The van der Waals surface area contributed by atoms with Crippen LogP contribution >= 0.6 is 27.5 Å². The lowest BCUT2D eigenvalue weighted by Gasteiger charge is -2.27. The molecule has 0 saturated heterocycles. The fourth-order valence-electron chi connectivity index (χ4n) is 1.78. The van der Waals surface area contributed by atoms with E-state index in [0.717, 1.165) is 10.2 Å². The van der Waals surface area contributed by atoms with Gasteiger partial charge in [-0.2, -0.15) is 0 Å². The third kappa shape index (κ3) is 6.42. The number of amides is 1. The monoisotopic (exact) mass is 391 g/mol. The highest BCUT2D eigenvalue weighted by Gasteiger charge is 2.22. The topological polar surface area (TPSA) is 76.4 Å². The summed E-state index contributed by atoms with van der Waals surface area (Å²) in [6, 6.07) is 5.18. The molecule has 0 aliphatic carbocycles. The molecule has 1 amide bonds. The van der Waals surface area contributed by atoms with E-state index >= 15 is 0 Å². The molecule has 0 radical (unpaired) electrons. The minimum Gasteiger partial charge on any atom is -0.444 e. The number of hydrogen-bond donors (Lipinski definition) is 3. The van der Waals surface area contributed by atoms with Crippen molar-refractivity contribution < 1.29 is 9.53 Å². The zero-order valence-electron chi connectivity index (χ0n) is 13.2. The van der Waals surface area contributed by atoms with Gasteiger partial charge in [-0.1, -0.05) is 11.6 Å². The molecular formula is C15H23BrClN3O2. The second-order valence-electron chi connectivity index (χ2n) is 6.05. The Labute approximate surface area is 145 Å². The van der Waals surface area contributed by atoms with Crippen LogP contribution in [0.4, 0.5) is 10.5 Å². The Morgan fingerprint density at radius 2 is 2.09 bits per heavy atom. The SMILES string of the molecule is CC(NC(=O)OC(C)(C)C)C(CN)Nc1ccc(Br)c(Cl)c1. The van der Waals surface area contributed by atoms with Gasteiger partial charge < -0.3 is 21.1 Å². The maximum atomic E-state index is 11.8. The van der Waals surface area contributed by atoms with Crippen LogP contribution < -0.4 is 16.4 Å². The number of anilines is 1. The van der Waals surface area contributed by atoms with E-state index in [1.807, 2.05) is 39.8 Å². The molecule has 0 bridgehead atoms. The van der Waals surface area contributed by atoms with Crippen LogP contribution in [0.5, 0.6) is 0 Å². The van der Waals surface area contributed by atoms with E-state index in [-0.39, 0.29) is 12.1 Å². The summed E-state index contributed by atoms with van der Waals surface area (Å²) in [5.41, 5.74) is 6.10. The first-order chi connectivity index (χ1) is 10.1. The first-order valence-electron chi connectivity index (χ1n) is 7.03. The number of carbonyl (C=O) groups excluding carboxylic acids is 1. The number of nitrogens with two attached hydrogens (primary N) is 1. The Morgan fingerprint density at radius 3 is 2.59 bits per heavy atom. The number of rotatable bonds is 5. The minimum absolute atomic E-state index is 0.148. The summed E-state index contributed by atoms with van der Waals surface area (Å²) in [5, 5.41) is 6.66. The largest absolute Gasteiger partial charge is 0.444 e. The molecule has 0 fully saturated rings. The van der Waals surface area contributed by atoms with Crippen molar-refractivity contribution in [1.82, 2.24) is 5.32 Å². The first-order valence-corrected chi connectivity index (χ1v) is 8.20. The van der Waals surface area contributed by atoms with E-state index in [0.29, 0.717) is 11.6 Å². The summed E-state index contributed by atoms with van der Waals surface area (Å²) in [4.78, 5) is 11.8. The minimum atomic E-state index is -0.533. The number of nitrogens with one attached hydrogen (secondary N) is 2. The van der Waals surface area contributed by atoms with E-state index in [1.165, 1.54) is 0 Å². The van der Waals surface area contributed by atoms with Crippen molar-refractivity contribution in [3.63, 3.8) is 0 Å². The molecule has 2 atom stereocenters. The van der Waals surface area contributed by atoms with Gasteiger partial charge in [0.15, 0.2) is 0 Å². The van der Waals surface area contributed by atoms with Gasteiger partial charge in [-0.3, -0.25) is 0 Å². The smallest absolute Gasteiger partial charge is 0.407 e. The Morgan fingerprint density at radius 1 is 1.45 bits per heavy atom. The molecule has 0 spiro atoms. The highest BCUT2D eigenvalue weighted by atomic mass is 79.9. The lowest BCUT2D eigenvalue weighted by molar-refractivity contribution is 0.0504. The molecule has 22 heavy (non-hydrogen) atoms. The molecule has 0 heterocycles. The number of hydrogen-bond acceptors (Lipinski definition) is 4. The fraction of sp³-hybridized carbons (Fsp3) is 0.533. The molecule has 0 aliphatic rings. The Balaban J connectivity index is 2.66.